The molecule has 0 saturated carbocycles. The molecule has 1 saturated heterocycles. The van der Waals surface area contributed by atoms with Crippen LogP contribution in [0.15, 0.2) is 42.5 Å². The fourth-order valence-electron chi connectivity index (χ4n) is 2.68. The van der Waals surface area contributed by atoms with Gasteiger partial charge in [0.05, 0.1) is 11.7 Å². The first-order valence-corrected chi connectivity index (χ1v) is 9.35. The fourth-order valence-corrected chi connectivity index (χ4v) is 3.40. The van der Waals surface area contributed by atoms with E-state index in [1.165, 1.54) is 0 Å². The van der Waals surface area contributed by atoms with Crippen LogP contribution in [0.3, 0.4) is 0 Å². The van der Waals surface area contributed by atoms with Gasteiger partial charge >= 0.3 is 0 Å². The third-order valence-corrected chi connectivity index (χ3v) is 5.00. The molecule has 0 radical (unpaired) electrons. The summed E-state index contributed by atoms with van der Waals surface area (Å²) in [6.07, 6.45) is 2.42. The van der Waals surface area contributed by atoms with E-state index in [2.05, 4.69) is 5.32 Å². The summed E-state index contributed by atoms with van der Waals surface area (Å²) in [6, 6.07) is 13.1. The molecule has 25 heavy (non-hydrogen) atoms. The lowest BCUT2D eigenvalue weighted by atomic mass is 10.2. The summed E-state index contributed by atoms with van der Waals surface area (Å²) in [4.78, 5) is 0.660. The Morgan fingerprint density at radius 2 is 2.08 bits per heavy atom. The van der Waals surface area contributed by atoms with Crippen molar-refractivity contribution in [2.45, 2.75) is 25.6 Å². The molecule has 1 fully saturated rings. The van der Waals surface area contributed by atoms with Gasteiger partial charge in [-0.25, -0.2) is 0 Å². The van der Waals surface area contributed by atoms with Gasteiger partial charge in [-0.15, -0.1) is 0 Å². The molecule has 3 nitrogen and oxygen atoms in total. The monoisotopic (exact) mass is 395 g/mol. The number of para-hydroxylation sites is 1. The van der Waals surface area contributed by atoms with E-state index in [9.17, 15) is 0 Å². The second kappa shape index (κ2) is 8.86. The second-order valence-electron chi connectivity index (χ2n) is 5.87. The van der Waals surface area contributed by atoms with E-state index in [1.807, 2.05) is 30.3 Å². The standard InChI is InChI=1S/C19H19Cl2NO2S/c20-14-8-7-13(17(21)10-14)12-24-18-6-2-1-5-16(18)19(25)22-11-15-4-3-9-23-15/h1-2,5-8,10,15H,3-4,9,11-12H2,(H,22,25)/t15-/m1/s1. The minimum absolute atomic E-state index is 0.235. The van der Waals surface area contributed by atoms with Gasteiger partial charge in [0, 0.05) is 28.8 Å². The molecule has 0 aliphatic carbocycles. The molecule has 0 spiro atoms. The van der Waals surface area contributed by atoms with Gasteiger partial charge in [0.1, 0.15) is 17.3 Å². The summed E-state index contributed by atoms with van der Waals surface area (Å²) >= 11 is 17.7. The second-order valence-corrected chi connectivity index (χ2v) is 7.12. The van der Waals surface area contributed by atoms with Gasteiger partial charge in [-0.05, 0) is 37.1 Å². The van der Waals surface area contributed by atoms with Crippen molar-refractivity contribution in [3.63, 3.8) is 0 Å². The lowest BCUT2D eigenvalue weighted by Crippen LogP contribution is -2.31. The Balaban J connectivity index is 1.64. The number of thiocarbonyl (C=S) groups is 1. The van der Waals surface area contributed by atoms with Gasteiger partial charge < -0.3 is 14.8 Å². The maximum atomic E-state index is 6.20. The molecule has 132 valence electrons. The van der Waals surface area contributed by atoms with Crippen LogP contribution in [-0.2, 0) is 11.3 Å². The number of nitrogens with one attached hydrogen (secondary N) is 1. The summed E-state index contributed by atoms with van der Waals surface area (Å²) in [5.41, 5.74) is 1.74. The Bertz CT molecular complexity index is 748. The summed E-state index contributed by atoms with van der Waals surface area (Å²) < 4.78 is 11.6. The van der Waals surface area contributed by atoms with Crippen molar-refractivity contribution in [1.82, 2.24) is 5.32 Å². The van der Waals surface area contributed by atoms with E-state index in [-0.39, 0.29) is 6.10 Å². The summed E-state index contributed by atoms with van der Waals surface area (Å²) in [7, 11) is 0. The van der Waals surface area contributed by atoms with Crippen molar-refractivity contribution in [3.8, 4) is 5.75 Å². The molecule has 0 bridgehead atoms. The summed E-state index contributed by atoms with van der Waals surface area (Å²) in [5.74, 6) is 0.721. The number of rotatable bonds is 6. The number of ether oxygens (including phenoxy) is 2. The molecule has 1 aliphatic heterocycles. The highest BCUT2D eigenvalue weighted by Crippen LogP contribution is 2.24. The van der Waals surface area contributed by atoms with Crippen LogP contribution >= 0.6 is 35.4 Å². The Morgan fingerprint density at radius 1 is 1.24 bits per heavy atom. The maximum absolute atomic E-state index is 6.20. The topological polar surface area (TPSA) is 30.5 Å². The first-order chi connectivity index (χ1) is 12.1. The van der Waals surface area contributed by atoms with E-state index in [4.69, 9.17) is 44.9 Å². The van der Waals surface area contributed by atoms with Crippen molar-refractivity contribution in [2.24, 2.45) is 0 Å². The average Bonchev–Trinajstić information content (AvgIpc) is 3.13. The van der Waals surface area contributed by atoms with Gasteiger partial charge in [0.2, 0.25) is 0 Å². The Hall–Kier alpha value is -1.33. The predicted molar refractivity (Wildman–Crippen MR) is 106 cm³/mol. The minimum Gasteiger partial charge on any atom is -0.488 e. The van der Waals surface area contributed by atoms with Gasteiger partial charge in [-0.3, -0.25) is 0 Å². The van der Waals surface area contributed by atoms with Crippen LogP contribution < -0.4 is 10.1 Å². The van der Waals surface area contributed by atoms with Gasteiger partial charge in [-0.2, -0.15) is 0 Å². The molecule has 1 N–H and O–H groups in total. The summed E-state index contributed by atoms with van der Waals surface area (Å²) in [6.45, 7) is 1.90. The first kappa shape index (κ1) is 18.5. The molecule has 1 atom stereocenters. The molecule has 0 aromatic heterocycles. The zero-order valence-electron chi connectivity index (χ0n) is 13.6. The molecule has 0 amide bonds. The van der Waals surface area contributed by atoms with Crippen molar-refractivity contribution >= 4 is 40.4 Å². The third-order valence-electron chi connectivity index (χ3n) is 4.04. The molecule has 2 aromatic carbocycles. The smallest absolute Gasteiger partial charge is 0.129 e. The first-order valence-electron chi connectivity index (χ1n) is 8.19. The molecular formula is C19H19Cl2NO2S. The molecular weight excluding hydrogens is 377 g/mol. The van der Waals surface area contributed by atoms with E-state index in [1.54, 1.807) is 12.1 Å². The number of benzene rings is 2. The molecule has 6 heteroatoms. The minimum atomic E-state index is 0.235. The van der Waals surface area contributed by atoms with Crippen LogP contribution in [0, 0.1) is 0 Å². The molecule has 1 aliphatic rings. The normalized spacial score (nSPS) is 16.6. The van der Waals surface area contributed by atoms with Crippen LogP contribution in [0.4, 0.5) is 0 Å². The molecule has 3 rings (SSSR count). The van der Waals surface area contributed by atoms with Crippen LogP contribution in [0.1, 0.15) is 24.0 Å². The van der Waals surface area contributed by atoms with E-state index >= 15 is 0 Å². The highest BCUT2D eigenvalue weighted by molar-refractivity contribution is 7.80. The highest BCUT2D eigenvalue weighted by Gasteiger charge is 2.16. The van der Waals surface area contributed by atoms with E-state index in [0.29, 0.717) is 21.6 Å². The summed E-state index contributed by atoms with van der Waals surface area (Å²) in [5, 5.41) is 4.47. The fraction of sp³-hybridized carbons (Fsp3) is 0.316. The van der Waals surface area contributed by atoms with Gasteiger partial charge in [0.25, 0.3) is 0 Å². The highest BCUT2D eigenvalue weighted by atomic mass is 35.5. The lowest BCUT2D eigenvalue weighted by Gasteiger charge is -2.16. The number of halogens is 2. The molecule has 0 unspecified atom stereocenters. The Kier molecular flexibility index (Phi) is 6.54. The van der Waals surface area contributed by atoms with Crippen LogP contribution in [0.2, 0.25) is 10.0 Å². The maximum Gasteiger partial charge on any atom is 0.129 e. The SMILES string of the molecule is S=C(NC[C@H]1CCCO1)c1ccccc1OCc1ccc(Cl)cc1Cl. The number of hydrogen-bond donors (Lipinski definition) is 1. The Labute approximate surface area is 163 Å². The van der Waals surface area contributed by atoms with Crippen molar-refractivity contribution in [2.75, 3.05) is 13.2 Å². The van der Waals surface area contributed by atoms with E-state index < -0.39 is 0 Å². The van der Waals surface area contributed by atoms with E-state index in [0.717, 1.165) is 42.9 Å². The van der Waals surface area contributed by atoms with Crippen LogP contribution in [-0.4, -0.2) is 24.2 Å². The third kappa shape index (κ3) is 5.08. The largest absolute Gasteiger partial charge is 0.488 e. The molecule has 1 heterocycles. The average molecular weight is 396 g/mol. The van der Waals surface area contributed by atoms with Gasteiger partial charge in [-0.1, -0.05) is 53.6 Å². The quantitative estimate of drug-likeness (QED) is 0.695. The van der Waals surface area contributed by atoms with Crippen LogP contribution in [0.25, 0.3) is 0 Å². The zero-order valence-corrected chi connectivity index (χ0v) is 16.0. The predicted octanol–water partition coefficient (Wildman–Crippen LogP) is 5.02. The van der Waals surface area contributed by atoms with Crippen molar-refractivity contribution in [3.05, 3.63) is 63.6 Å². The lowest BCUT2D eigenvalue weighted by molar-refractivity contribution is 0.114. The van der Waals surface area contributed by atoms with Crippen molar-refractivity contribution in [1.29, 1.82) is 0 Å². The van der Waals surface area contributed by atoms with Gasteiger partial charge in [0.15, 0.2) is 0 Å². The molecule has 2 aromatic rings. The Morgan fingerprint density at radius 3 is 2.84 bits per heavy atom. The van der Waals surface area contributed by atoms with Crippen molar-refractivity contribution < 1.29 is 9.47 Å². The van der Waals surface area contributed by atoms with Crippen LogP contribution in [0.5, 0.6) is 5.75 Å². The zero-order chi connectivity index (χ0) is 17.6. The number of hydrogen-bond acceptors (Lipinski definition) is 3.